The zero-order chi connectivity index (χ0) is 26.8. The van der Waals surface area contributed by atoms with Gasteiger partial charge in [0.1, 0.15) is 6.10 Å². The number of rotatable bonds is 6. The molecule has 1 aromatic heterocycles. The maximum absolute atomic E-state index is 10.6. The van der Waals surface area contributed by atoms with Crippen molar-refractivity contribution in [1.29, 1.82) is 0 Å². The highest BCUT2D eigenvalue weighted by molar-refractivity contribution is 7.07. The number of hydrogen-bond acceptors (Lipinski definition) is 7. The summed E-state index contributed by atoms with van der Waals surface area (Å²) in [4.78, 5) is 22.5. The van der Waals surface area contributed by atoms with Crippen LogP contribution in [0, 0.1) is 0 Å². The number of hydrogen-bond donors (Lipinski definition) is 2. The fraction of sp³-hybridized carbons (Fsp3) is 0.700. The molecule has 0 aliphatic carbocycles. The molecule has 3 atom stereocenters. The Balaban J connectivity index is 0.000000362. The van der Waals surface area contributed by atoms with E-state index in [0.29, 0.717) is 6.04 Å². The molecule has 0 bridgehead atoms. The van der Waals surface area contributed by atoms with Gasteiger partial charge in [-0.15, -0.1) is 0 Å². The van der Waals surface area contributed by atoms with E-state index in [9.17, 15) is 26.3 Å². The Morgan fingerprint density at radius 3 is 2.20 bits per heavy atom. The number of carbonyl (C=O) groups is 2. The molecule has 0 saturated carbocycles. The number of fused-ring (bicyclic) bond motifs is 1. The van der Waals surface area contributed by atoms with Crippen molar-refractivity contribution in [2.24, 2.45) is 0 Å². The van der Waals surface area contributed by atoms with Gasteiger partial charge in [-0.25, -0.2) is 9.59 Å². The van der Waals surface area contributed by atoms with Gasteiger partial charge in [-0.3, -0.25) is 4.90 Å². The Morgan fingerprint density at radius 1 is 1.17 bits per heavy atom. The second kappa shape index (κ2) is 14.0. The summed E-state index contributed by atoms with van der Waals surface area (Å²) in [5, 5.41) is 18.7. The van der Waals surface area contributed by atoms with Crippen LogP contribution in [0.3, 0.4) is 0 Å². The lowest BCUT2D eigenvalue weighted by Gasteiger charge is -2.32. The van der Waals surface area contributed by atoms with Gasteiger partial charge in [0.15, 0.2) is 0 Å². The molecule has 1 aromatic rings. The molecule has 3 rings (SSSR count). The minimum atomic E-state index is -5.08. The van der Waals surface area contributed by atoms with Crippen molar-refractivity contribution in [3.05, 3.63) is 22.4 Å². The minimum absolute atomic E-state index is 0.230. The Kier molecular flexibility index (Phi) is 12.4. The molecule has 2 aliphatic rings. The third-order valence-electron chi connectivity index (χ3n) is 4.90. The van der Waals surface area contributed by atoms with Gasteiger partial charge in [0.25, 0.3) is 0 Å². The summed E-state index contributed by atoms with van der Waals surface area (Å²) in [5.74, 6) is -5.51. The molecule has 15 heteroatoms. The second-order valence-corrected chi connectivity index (χ2v) is 8.70. The number of likely N-dealkylation sites (N-methyl/N-ethyl adjacent to an activating group) is 1. The van der Waals surface area contributed by atoms with Crippen molar-refractivity contribution >= 4 is 23.3 Å². The summed E-state index contributed by atoms with van der Waals surface area (Å²) >= 11 is 1.78. The number of nitrogens with zero attached hydrogens (tertiary/aromatic N) is 2. The third-order valence-corrected chi connectivity index (χ3v) is 5.64. The standard InChI is InChI=1S/C16H26N2O2S.2C2HF3O2/c1-17(2)6-8-19-15-11-18(10-13-5-9-21-12-13)14-4-3-7-20-16(14)15;2*3-2(4,5)1(6)7/h5,9,12,14-16H,3-4,6-8,10-11H2,1-2H3;2*(H,6,7)/t14-,15+,16+;;/m1../s1. The SMILES string of the molecule is CN(C)CCO[C@H]1CN(Cc2ccsc2)[C@@H]2CCCO[C@H]12.O=C(O)C(F)(F)F.O=C(O)C(F)(F)F. The minimum Gasteiger partial charge on any atom is -0.475 e. The Hall–Kier alpha value is -1.94. The summed E-state index contributed by atoms with van der Waals surface area (Å²) in [6, 6.07) is 2.76. The highest BCUT2D eigenvalue weighted by Crippen LogP contribution is 2.32. The topological polar surface area (TPSA) is 99.5 Å². The highest BCUT2D eigenvalue weighted by Gasteiger charge is 2.44. The molecule has 0 aromatic carbocycles. The Morgan fingerprint density at radius 2 is 1.74 bits per heavy atom. The normalized spacial score (nSPS) is 22.5. The van der Waals surface area contributed by atoms with Crippen molar-refractivity contribution in [1.82, 2.24) is 9.80 Å². The first-order valence-corrected chi connectivity index (χ1v) is 11.3. The van der Waals surface area contributed by atoms with Crippen LogP contribution in [0.2, 0.25) is 0 Å². The maximum Gasteiger partial charge on any atom is 0.490 e. The lowest BCUT2D eigenvalue weighted by Crippen LogP contribution is -2.42. The van der Waals surface area contributed by atoms with Crippen molar-refractivity contribution in [2.75, 3.05) is 40.4 Å². The van der Waals surface area contributed by atoms with E-state index < -0.39 is 24.3 Å². The van der Waals surface area contributed by atoms with E-state index in [4.69, 9.17) is 29.3 Å². The van der Waals surface area contributed by atoms with Crippen molar-refractivity contribution in [3.8, 4) is 0 Å². The summed E-state index contributed by atoms with van der Waals surface area (Å²) in [5.41, 5.74) is 1.42. The van der Waals surface area contributed by atoms with Gasteiger partial charge < -0.3 is 24.6 Å². The van der Waals surface area contributed by atoms with Crippen LogP contribution in [0.1, 0.15) is 18.4 Å². The molecule has 2 saturated heterocycles. The summed E-state index contributed by atoms with van der Waals surface area (Å²) in [6.07, 6.45) is -7.26. The van der Waals surface area contributed by atoms with Gasteiger partial charge in [-0.05, 0) is 49.3 Å². The van der Waals surface area contributed by atoms with Gasteiger partial charge >= 0.3 is 24.3 Å². The van der Waals surface area contributed by atoms with Crippen LogP contribution in [-0.2, 0) is 25.6 Å². The van der Waals surface area contributed by atoms with E-state index in [0.717, 1.165) is 32.8 Å². The molecule has 2 fully saturated rings. The summed E-state index contributed by atoms with van der Waals surface area (Å²) in [7, 11) is 4.17. The van der Waals surface area contributed by atoms with Gasteiger partial charge in [0.2, 0.25) is 0 Å². The van der Waals surface area contributed by atoms with Crippen LogP contribution in [-0.4, -0.2) is 103 Å². The van der Waals surface area contributed by atoms with Crippen molar-refractivity contribution in [2.45, 2.75) is 50.0 Å². The number of carboxylic acids is 2. The van der Waals surface area contributed by atoms with Crippen molar-refractivity contribution < 1.29 is 55.6 Å². The molecular weight excluding hydrogens is 510 g/mol. The number of ether oxygens (including phenoxy) is 2. The van der Waals surface area contributed by atoms with E-state index in [1.807, 2.05) is 0 Å². The molecule has 0 spiro atoms. The Labute approximate surface area is 202 Å². The fourth-order valence-corrected chi connectivity index (χ4v) is 4.00. The molecule has 2 N–H and O–H groups in total. The number of thiophene rings is 1. The van der Waals surface area contributed by atoms with Crippen LogP contribution < -0.4 is 0 Å². The third kappa shape index (κ3) is 11.6. The van der Waals surface area contributed by atoms with E-state index in [1.54, 1.807) is 11.3 Å². The van der Waals surface area contributed by atoms with E-state index in [1.165, 1.54) is 18.4 Å². The summed E-state index contributed by atoms with van der Waals surface area (Å²) in [6.45, 7) is 4.68. The summed E-state index contributed by atoms with van der Waals surface area (Å²) < 4.78 is 75.6. The molecule has 2 aliphatic heterocycles. The largest absolute Gasteiger partial charge is 0.490 e. The quantitative estimate of drug-likeness (QED) is 0.533. The molecular formula is C20H28F6N2O6S. The molecule has 0 unspecified atom stereocenters. The number of likely N-dealkylation sites (tertiary alicyclic amines) is 1. The zero-order valence-electron chi connectivity index (χ0n) is 19.0. The molecule has 8 nitrogen and oxygen atoms in total. The van der Waals surface area contributed by atoms with Crippen LogP contribution in [0.4, 0.5) is 26.3 Å². The molecule has 35 heavy (non-hydrogen) atoms. The monoisotopic (exact) mass is 538 g/mol. The molecule has 202 valence electrons. The Bertz CT molecular complexity index is 751. The molecule has 3 heterocycles. The highest BCUT2D eigenvalue weighted by atomic mass is 32.1. The fourth-order valence-electron chi connectivity index (χ4n) is 3.34. The van der Waals surface area contributed by atoms with Gasteiger partial charge in [-0.1, -0.05) is 0 Å². The predicted molar refractivity (Wildman–Crippen MR) is 113 cm³/mol. The average Bonchev–Trinajstić information content (AvgIpc) is 3.36. The van der Waals surface area contributed by atoms with E-state index >= 15 is 0 Å². The second-order valence-electron chi connectivity index (χ2n) is 7.92. The van der Waals surface area contributed by atoms with E-state index in [-0.39, 0.29) is 12.2 Å². The smallest absolute Gasteiger partial charge is 0.475 e. The van der Waals surface area contributed by atoms with Crippen LogP contribution in [0.25, 0.3) is 0 Å². The average molecular weight is 539 g/mol. The number of alkyl halides is 6. The first-order chi connectivity index (χ1) is 16.1. The van der Waals surface area contributed by atoms with Crippen LogP contribution >= 0.6 is 11.3 Å². The number of aliphatic carboxylic acids is 2. The van der Waals surface area contributed by atoms with E-state index in [2.05, 4.69) is 40.7 Å². The maximum atomic E-state index is 10.6. The van der Waals surface area contributed by atoms with Gasteiger partial charge in [0.05, 0.1) is 12.7 Å². The first-order valence-electron chi connectivity index (χ1n) is 10.4. The van der Waals surface area contributed by atoms with Gasteiger partial charge in [0, 0.05) is 32.3 Å². The number of halogens is 6. The lowest BCUT2D eigenvalue weighted by molar-refractivity contribution is -0.193. The van der Waals surface area contributed by atoms with Crippen LogP contribution in [0.5, 0.6) is 0 Å². The molecule has 0 amide bonds. The predicted octanol–water partition coefficient (Wildman–Crippen LogP) is 3.32. The van der Waals surface area contributed by atoms with Crippen LogP contribution in [0.15, 0.2) is 16.8 Å². The van der Waals surface area contributed by atoms with Gasteiger partial charge in [-0.2, -0.15) is 37.7 Å². The lowest BCUT2D eigenvalue weighted by atomic mass is 10.0. The number of carboxylic acid groups (broad SMARTS) is 2. The van der Waals surface area contributed by atoms with Crippen molar-refractivity contribution in [3.63, 3.8) is 0 Å². The zero-order valence-corrected chi connectivity index (χ0v) is 19.8. The molecule has 0 radical (unpaired) electrons. The first kappa shape index (κ1) is 31.1.